The number of aryl methyl sites for hydroxylation is 1. The molecule has 2 aromatic rings. The van der Waals surface area contributed by atoms with Crippen molar-refractivity contribution in [3.63, 3.8) is 0 Å². The Kier molecular flexibility index (Phi) is 2.82. The van der Waals surface area contributed by atoms with Gasteiger partial charge in [-0.2, -0.15) is 5.10 Å². The minimum Gasteiger partial charge on any atom is -0.382 e. The van der Waals surface area contributed by atoms with Crippen LogP contribution in [0.1, 0.15) is 10.5 Å². The van der Waals surface area contributed by atoms with Crippen molar-refractivity contribution in [3.8, 4) is 0 Å². The van der Waals surface area contributed by atoms with Crippen molar-refractivity contribution in [1.82, 2.24) is 9.78 Å². The lowest BCUT2D eigenvalue weighted by molar-refractivity contribution is 0.0984. The molecule has 0 radical (unpaired) electrons. The Balaban J connectivity index is 2.30. The zero-order valence-corrected chi connectivity index (χ0v) is 9.79. The Hall–Kier alpha value is -2.30. The van der Waals surface area contributed by atoms with Gasteiger partial charge in [0.2, 0.25) is 0 Å². The predicted octanol–water partition coefficient (Wildman–Crippen LogP) is 1.28. The number of benzene rings is 1. The van der Waals surface area contributed by atoms with Gasteiger partial charge in [0.15, 0.2) is 0 Å². The van der Waals surface area contributed by atoms with Gasteiger partial charge < -0.3 is 10.6 Å². The zero-order chi connectivity index (χ0) is 12.4. The molecule has 0 spiro atoms. The molecular formula is C12H14N4O. The normalized spacial score (nSPS) is 10.2. The smallest absolute Gasteiger partial charge is 0.276 e. The highest BCUT2D eigenvalue weighted by Gasteiger charge is 2.17. The monoisotopic (exact) mass is 230 g/mol. The molecule has 1 aromatic carbocycles. The summed E-state index contributed by atoms with van der Waals surface area (Å²) in [5.41, 5.74) is 6.85. The third kappa shape index (κ3) is 2.13. The van der Waals surface area contributed by atoms with Gasteiger partial charge in [-0.05, 0) is 12.1 Å². The lowest BCUT2D eigenvalue weighted by Crippen LogP contribution is -2.28. The fourth-order valence-electron chi connectivity index (χ4n) is 1.63. The van der Waals surface area contributed by atoms with Gasteiger partial charge in [0.1, 0.15) is 11.5 Å². The average Bonchev–Trinajstić information content (AvgIpc) is 2.68. The molecule has 5 nitrogen and oxygen atoms in total. The van der Waals surface area contributed by atoms with Gasteiger partial charge in [-0.25, -0.2) is 0 Å². The first-order valence-electron chi connectivity index (χ1n) is 5.22. The van der Waals surface area contributed by atoms with Crippen molar-refractivity contribution >= 4 is 17.4 Å². The Labute approximate surface area is 99.5 Å². The second-order valence-electron chi connectivity index (χ2n) is 3.78. The summed E-state index contributed by atoms with van der Waals surface area (Å²) in [6.45, 7) is 0. The van der Waals surface area contributed by atoms with Crippen LogP contribution in [0.15, 0.2) is 36.4 Å². The summed E-state index contributed by atoms with van der Waals surface area (Å²) in [5.74, 6) is 0.209. The highest BCUT2D eigenvalue weighted by Crippen LogP contribution is 2.15. The van der Waals surface area contributed by atoms with Crippen LogP contribution in [0.5, 0.6) is 0 Å². The second-order valence-corrected chi connectivity index (χ2v) is 3.78. The SMILES string of the molecule is CN(C(=O)c1cc(N)nn1C)c1ccccc1. The number of nitrogen functional groups attached to an aromatic ring is 1. The quantitative estimate of drug-likeness (QED) is 0.845. The zero-order valence-electron chi connectivity index (χ0n) is 9.79. The summed E-state index contributed by atoms with van der Waals surface area (Å²) in [6, 6.07) is 11.0. The molecular weight excluding hydrogens is 216 g/mol. The molecule has 2 N–H and O–H groups in total. The maximum absolute atomic E-state index is 12.2. The molecule has 0 aliphatic carbocycles. The van der Waals surface area contributed by atoms with Crippen molar-refractivity contribution in [2.45, 2.75) is 0 Å². The first kappa shape index (κ1) is 11.2. The molecule has 0 aliphatic rings. The van der Waals surface area contributed by atoms with Crippen LogP contribution in [-0.4, -0.2) is 22.7 Å². The third-order valence-corrected chi connectivity index (χ3v) is 2.57. The number of aromatic nitrogens is 2. The van der Waals surface area contributed by atoms with Crippen LogP contribution < -0.4 is 10.6 Å². The summed E-state index contributed by atoms with van der Waals surface area (Å²) in [6.07, 6.45) is 0. The van der Waals surface area contributed by atoms with Crippen LogP contribution in [0.2, 0.25) is 0 Å². The van der Waals surface area contributed by atoms with Crippen LogP contribution in [0.3, 0.4) is 0 Å². The number of anilines is 2. The van der Waals surface area contributed by atoms with Crippen molar-refractivity contribution in [2.24, 2.45) is 7.05 Å². The number of carbonyl (C=O) groups excluding carboxylic acids is 1. The van der Waals surface area contributed by atoms with Crippen molar-refractivity contribution in [1.29, 1.82) is 0 Å². The van der Waals surface area contributed by atoms with E-state index in [2.05, 4.69) is 5.10 Å². The van der Waals surface area contributed by atoms with E-state index in [4.69, 9.17) is 5.73 Å². The summed E-state index contributed by atoms with van der Waals surface area (Å²) in [7, 11) is 3.42. The molecule has 0 saturated carbocycles. The van der Waals surface area contributed by atoms with Gasteiger partial charge in [0.05, 0.1) is 0 Å². The number of nitrogens with two attached hydrogens (primary N) is 1. The molecule has 0 atom stereocenters. The Bertz CT molecular complexity index is 533. The standard InChI is InChI=1S/C12H14N4O/c1-15(9-6-4-3-5-7-9)12(17)10-8-11(13)14-16(10)2/h3-8H,1-2H3,(H2,13,14). The highest BCUT2D eigenvalue weighted by molar-refractivity contribution is 6.04. The van der Waals surface area contributed by atoms with E-state index in [1.54, 1.807) is 25.1 Å². The van der Waals surface area contributed by atoms with E-state index in [0.29, 0.717) is 11.5 Å². The van der Waals surface area contributed by atoms with Crippen LogP contribution in [0.4, 0.5) is 11.5 Å². The number of nitrogens with zero attached hydrogens (tertiary/aromatic N) is 3. The summed E-state index contributed by atoms with van der Waals surface area (Å²) in [5, 5.41) is 3.96. The van der Waals surface area contributed by atoms with E-state index in [0.717, 1.165) is 5.69 Å². The van der Waals surface area contributed by atoms with E-state index >= 15 is 0 Å². The van der Waals surface area contributed by atoms with Crippen LogP contribution in [0.25, 0.3) is 0 Å². The lowest BCUT2D eigenvalue weighted by Gasteiger charge is -2.16. The molecule has 0 fully saturated rings. The van der Waals surface area contributed by atoms with Gasteiger partial charge in [0.25, 0.3) is 5.91 Å². The van der Waals surface area contributed by atoms with E-state index in [1.165, 1.54) is 4.68 Å². The Morgan fingerprint density at radius 1 is 1.35 bits per heavy atom. The lowest BCUT2D eigenvalue weighted by atomic mass is 10.2. The fourth-order valence-corrected chi connectivity index (χ4v) is 1.63. The maximum atomic E-state index is 12.2. The second kappa shape index (κ2) is 4.29. The molecule has 17 heavy (non-hydrogen) atoms. The summed E-state index contributed by atoms with van der Waals surface area (Å²) < 4.78 is 1.48. The molecule has 1 aromatic heterocycles. The van der Waals surface area contributed by atoms with Crippen molar-refractivity contribution < 1.29 is 4.79 Å². The van der Waals surface area contributed by atoms with E-state index in [9.17, 15) is 4.79 Å². The fraction of sp³-hybridized carbons (Fsp3) is 0.167. The molecule has 1 amide bonds. The Morgan fingerprint density at radius 2 is 2.00 bits per heavy atom. The molecule has 88 valence electrons. The largest absolute Gasteiger partial charge is 0.382 e. The molecule has 0 saturated heterocycles. The molecule has 2 rings (SSSR count). The number of hydrogen-bond donors (Lipinski definition) is 1. The molecule has 0 bridgehead atoms. The topological polar surface area (TPSA) is 64.2 Å². The number of rotatable bonds is 2. The first-order valence-corrected chi connectivity index (χ1v) is 5.22. The van der Waals surface area contributed by atoms with Gasteiger partial charge in [-0.15, -0.1) is 0 Å². The van der Waals surface area contributed by atoms with E-state index in [1.807, 2.05) is 30.3 Å². The van der Waals surface area contributed by atoms with E-state index < -0.39 is 0 Å². The molecule has 0 unspecified atom stereocenters. The van der Waals surface area contributed by atoms with Gasteiger partial charge >= 0.3 is 0 Å². The minimum absolute atomic E-state index is 0.136. The summed E-state index contributed by atoms with van der Waals surface area (Å²) >= 11 is 0. The highest BCUT2D eigenvalue weighted by atomic mass is 16.2. The van der Waals surface area contributed by atoms with Crippen LogP contribution in [0, 0.1) is 0 Å². The van der Waals surface area contributed by atoms with E-state index in [-0.39, 0.29) is 5.91 Å². The summed E-state index contributed by atoms with van der Waals surface area (Å²) in [4.78, 5) is 13.8. The number of carbonyl (C=O) groups is 1. The number of amides is 1. The Morgan fingerprint density at radius 3 is 2.53 bits per heavy atom. The molecule has 5 heteroatoms. The third-order valence-electron chi connectivity index (χ3n) is 2.57. The van der Waals surface area contributed by atoms with Gasteiger partial charge in [-0.3, -0.25) is 9.48 Å². The van der Waals surface area contributed by atoms with Crippen LogP contribution >= 0.6 is 0 Å². The first-order chi connectivity index (χ1) is 8.09. The van der Waals surface area contributed by atoms with Crippen molar-refractivity contribution in [2.75, 3.05) is 17.7 Å². The van der Waals surface area contributed by atoms with Crippen LogP contribution in [-0.2, 0) is 7.05 Å². The minimum atomic E-state index is -0.136. The predicted molar refractivity (Wildman–Crippen MR) is 66.8 cm³/mol. The number of hydrogen-bond acceptors (Lipinski definition) is 3. The average molecular weight is 230 g/mol. The maximum Gasteiger partial charge on any atom is 0.276 e. The number of para-hydroxylation sites is 1. The van der Waals surface area contributed by atoms with Gasteiger partial charge in [0, 0.05) is 25.8 Å². The van der Waals surface area contributed by atoms with Crippen molar-refractivity contribution in [3.05, 3.63) is 42.1 Å². The molecule has 1 heterocycles. The molecule has 0 aliphatic heterocycles. The van der Waals surface area contributed by atoms with Gasteiger partial charge in [-0.1, -0.05) is 18.2 Å².